The molecule has 0 saturated carbocycles. The number of fused-ring (bicyclic) bond motifs is 3. The summed E-state index contributed by atoms with van der Waals surface area (Å²) >= 11 is 1.47. The number of carbonyl (C=O) groups is 4. The third-order valence-electron chi connectivity index (χ3n) is 7.85. The number of halogens is 1. The summed E-state index contributed by atoms with van der Waals surface area (Å²) < 4.78 is 14.4. The predicted molar refractivity (Wildman–Crippen MR) is 129 cm³/mol. The highest BCUT2D eigenvalue weighted by Crippen LogP contribution is 2.55. The molecular formula is C28H22FNO5S. The average molecular weight is 504 g/mol. The number of phenolic OH excluding ortho intramolecular Hbond substituents is 1. The smallest absolute Gasteiger partial charge is 0.234 e. The van der Waals surface area contributed by atoms with Crippen LogP contribution in [0.5, 0.6) is 5.75 Å². The normalized spacial score (nSPS) is 27.6. The zero-order valence-electron chi connectivity index (χ0n) is 19.4. The first-order valence-corrected chi connectivity index (χ1v) is 12.7. The molecule has 2 heterocycles. The van der Waals surface area contributed by atoms with Gasteiger partial charge in [-0.25, -0.2) is 4.39 Å². The first-order valence-electron chi connectivity index (χ1n) is 11.8. The monoisotopic (exact) mass is 503 g/mol. The Labute approximate surface area is 210 Å². The van der Waals surface area contributed by atoms with Crippen LogP contribution in [0.15, 0.2) is 70.2 Å². The molecule has 8 heteroatoms. The SMILES string of the molecule is CC1=CC(=O)C2=C(C[C@@H]3C(=CC[C@@H]4C(=O)N(Cc5cccs5)C(=O)[C@@H]43)[C@@H]2c2ccc(O)c(F)c2)C1=O. The van der Waals surface area contributed by atoms with Crippen molar-refractivity contribution in [2.24, 2.45) is 17.8 Å². The summed E-state index contributed by atoms with van der Waals surface area (Å²) in [5.41, 5.74) is 2.13. The van der Waals surface area contributed by atoms with Gasteiger partial charge in [-0.2, -0.15) is 0 Å². The number of amides is 2. The molecule has 2 amide bonds. The third-order valence-corrected chi connectivity index (χ3v) is 8.71. The highest BCUT2D eigenvalue weighted by molar-refractivity contribution is 7.09. The van der Waals surface area contributed by atoms with Gasteiger partial charge in [0.2, 0.25) is 11.8 Å². The fourth-order valence-corrected chi connectivity index (χ4v) is 6.94. The number of hydrogen-bond acceptors (Lipinski definition) is 6. The van der Waals surface area contributed by atoms with Crippen LogP contribution < -0.4 is 0 Å². The van der Waals surface area contributed by atoms with E-state index in [2.05, 4.69) is 0 Å². The molecule has 0 radical (unpaired) electrons. The van der Waals surface area contributed by atoms with Crippen LogP contribution in [-0.2, 0) is 25.7 Å². The number of Topliss-reactive ketones (excluding diaryl/α,β-unsaturated/α-hetero) is 1. The molecule has 1 aromatic carbocycles. The van der Waals surface area contributed by atoms with Crippen molar-refractivity contribution in [3.8, 4) is 5.75 Å². The van der Waals surface area contributed by atoms with Gasteiger partial charge in [0.25, 0.3) is 0 Å². The second-order valence-electron chi connectivity index (χ2n) is 9.78. The lowest BCUT2D eigenvalue weighted by molar-refractivity contribution is -0.140. The van der Waals surface area contributed by atoms with Crippen molar-refractivity contribution in [3.63, 3.8) is 0 Å². The van der Waals surface area contributed by atoms with E-state index in [1.54, 1.807) is 6.92 Å². The van der Waals surface area contributed by atoms with E-state index >= 15 is 0 Å². The fraction of sp³-hybridized carbons (Fsp3) is 0.286. The number of likely N-dealkylation sites (tertiary alicyclic amines) is 1. The summed E-state index contributed by atoms with van der Waals surface area (Å²) in [7, 11) is 0. The van der Waals surface area contributed by atoms with E-state index < -0.39 is 35.2 Å². The van der Waals surface area contributed by atoms with Crippen molar-refractivity contribution >= 4 is 34.7 Å². The van der Waals surface area contributed by atoms with Crippen molar-refractivity contribution < 1.29 is 28.7 Å². The van der Waals surface area contributed by atoms with Crippen LogP contribution in [0.4, 0.5) is 4.39 Å². The molecule has 182 valence electrons. The molecule has 1 N–H and O–H groups in total. The number of allylic oxidation sites excluding steroid dienone is 6. The summed E-state index contributed by atoms with van der Waals surface area (Å²) in [6.45, 7) is 1.80. The number of benzene rings is 1. The van der Waals surface area contributed by atoms with Gasteiger partial charge < -0.3 is 5.11 Å². The minimum atomic E-state index is -0.832. The van der Waals surface area contributed by atoms with Crippen molar-refractivity contribution in [1.29, 1.82) is 0 Å². The summed E-state index contributed by atoms with van der Waals surface area (Å²) in [5.74, 6) is -4.78. The van der Waals surface area contributed by atoms with Crippen molar-refractivity contribution in [1.82, 2.24) is 4.90 Å². The van der Waals surface area contributed by atoms with E-state index in [9.17, 15) is 28.7 Å². The second kappa shape index (κ2) is 8.20. The number of nitrogens with zero attached hydrogens (tertiary/aromatic N) is 1. The predicted octanol–water partition coefficient (Wildman–Crippen LogP) is 4.22. The molecule has 1 aliphatic heterocycles. The highest BCUT2D eigenvalue weighted by atomic mass is 32.1. The van der Waals surface area contributed by atoms with Gasteiger partial charge in [-0.15, -0.1) is 11.3 Å². The van der Waals surface area contributed by atoms with Gasteiger partial charge in [-0.05, 0) is 60.9 Å². The number of thiophene rings is 1. The van der Waals surface area contributed by atoms with E-state index in [-0.39, 0.29) is 36.3 Å². The number of rotatable bonds is 3. The molecule has 2 aromatic rings. The Balaban J connectivity index is 1.47. The van der Waals surface area contributed by atoms with Gasteiger partial charge >= 0.3 is 0 Å². The maximum Gasteiger partial charge on any atom is 0.234 e. The molecule has 4 atom stereocenters. The maximum atomic E-state index is 14.4. The van der Waals surface area contributed by atoms with Gasteiger partial charge in [-0.3, -0.25) is 24.1 Å². The summed E-state index contributed by atoms with van der Waals surface area (Å²) in [6.07, 6.45) is 3.72. The summed E-state index contributed by atoms with van der Waals surface area (Å²) in [4.78, 5) is 55.6. The number of phenols is 1. The minimum absolute atomic E-state index is 0.182. The van der Waals surface area contributed by atoms with Gasteiger partial charge in [0.1, 0.15) is 0 Å². The number of aromatic hydroxyl groups is 1. The topological polar surface area (TPSA) is 91.8 Å². The Morgan fingerprint density at radius 3 is 2.64 bits per heavy atom. The molecule has 1 saturated heterocycles. The first kappa shape index (κ1) is 22.8. The second-order valence-corrected chi connectivity index (χ2v) is 10.8. The Hall–Kier alpha value is -3.65. The quantitative estimate of drug-likeness (QED) is 0.385. The molecule has 4 aliphatic rings. The Bertz CT molecular complexity index is 1450. The van der Waals surface area contributed by atoms with E-state index in [1.807, 2.05) is 23.6 Å². The molecule has 0 bridgehead atoms. The molecule has 0 spiro atoms. The van der Waals surface area contributed by atoms with Crippen LogP contribution in [0.2, 0.25) is 0 Å². The maximum absolute atomic E-state index is 14.4. The largest absolute Gasteiger partial charge is 0.505 e. The third kappa shape index (κ3) is 3.27. The van der Waals surface area contributed by atoms with E-state index in [0.29, 0.717) is 28.7 Å². The summed E-state index contributed by atoms with van der Waals surface area (Å²) in [6, 6.07) is 7.69. The lowest BCUT2D eigenvalue weighted by Gasteiger charge is -2.42. The van der Waals surface area contributed by atoms with Gasteiger partial charge in [0.15, 0.2) is 23.1 Å². The molecule has 0 unspecified atom stereocenters. The fourth-order valence-electron chi connectivity index (χ4n) is 6.24. The number of hydrogen-bond donors (Lipinski definition) is 1. The van der Waals surface area contributed by atoms with Crippen LogP contribution in [0, 0.1) is 23.6 Å². The first-order chi connectivity index (χ1) is 17.3. The van der Waals surface area contributed by atoms with E-state index in [1.165, 1.54) is 40.5 Å². The van der Waals surface area contributed by atoms with Gasteiger partial charge in [-0.1, -0.05) is 23.8 Å². The zero-order chi connectivity index (χ0) is 25.3. The van der Waals surface area contributed by atoms with Crippen LogP contribution in [0.3, 0.4) is 0 Å². The molecule has 3 aliphatic carbocycles. The van der Waals surface area contributed by atoms with Crippen molar-refractivity contribution in [3.05, 3.63) is 86.4 Å². The summed E-state index contributed by atoms with van der Waals surface area (Å²) in [5, 5.41) is 11.6. The van der Waals surface area contributed by atoms with Crippen LogP contribution in [-0.4, -0.2) is 33.4 Å². The van der Waals surface area contributed by atoms with E-state index in [4.69, 9.17) is 0 Å². The van der Waals surface area contributed by atoms with Crippen molar-refractivity contribution in [2.75, 3.05) is 0 Å². The molecule has 36 heavy (non-hydrogen) atoms. The molecule has 6 nitrogen and oxygen atoms in total. The minimum Gasteiger partial charge on any atom is -0.505 e. The van der Waals surface area contributed by atoms with Crippen LogP contribution >= 0.6 is 11.3 Å². The number of ketones is 2. The zero-order valence-corrected chi connectivity index (χ0v) is 20.2. The average Bonchev–Trinajstić information content (AvgIpc) is 3.46. The van der Waals surface area contributed by atoms with Crippen LogP contribution in [0.1, 0.15) is 36.1 Å². The molecule has 6 rings (SSSR count). The molecule has 1 fully saturated rings. The van der Waals surface area contributed by atoms with Gasteiger partial charge in [0.05, 0.1) is 18.4 Å². The molecular weight excluding hydrogens is 481 g/mol. The Morgan fingerprint density at radius 1 is 1.11 bits per heavy atom. The highest BCUT2D eigenvalue weighted by Gasteiger charge is 2.56. The Morgan fingerprint density at radius 2 is 1.92 bits per heavy atom. The van der Waals surface area contributed by atoms with Gasteiger partial charge in [0, 0.05) is 27.5 Å². The number of carbonyl (C=O) groups excluding carboxylic acids is 4. The van der Waals surface area contributed by atoms with E-state index in [0.717, 1.165) is 10.5 Å². The Kier molecular flexibility index (Phi) is 5.19. The number of imide groups is 1. The van der Waals surface area contributed by atoms with Crippen molar-refractivity contribution in [2.45, 2.75) is 32.2 Å². The van der Waals surface area contributed by atoms with Crippen LogP contribution in [0.25, 0.3) is 0 Å². The lowest BCUT2D eigenvalue weighted by atomic mass is 9.59. The standard InChI is InChI=1S/C28H22FNO5S/c1-13-9-22(32)25-19(26(13)33)11-18-16(23(25)14-4-7-21(31)20(29)10-14)5-6-17-24(18)28(35)30(27(17)34)12-15-3-2-8-36-15/h2-5,7-10,17-18,23-24,31H,6,11-12H2,1H3/t17-,18+,23-,24-/m0/s1. The lowest BCUT2D eigenvalue weighted by Crippen LogP contribution is -2.39. The molecule has 1 aromatic heterocycles.